The van der Waals surface area contributed by atoms with E-state index >= 15 is 0 Å². The molecular formula is C15H17ClN4O2. The van der Waals surface area contributed by atoms with Crippen molar-refractivity contribution < 1.29 is 9.47 Å². The minimum absolute atomic E-state index is 0.0136. The summed E-state index contributed by atoms with van der Waals surface area (Å²) >= 11 is 5.93. The summed E-state index contributed by atoms with van der Waals surface area (Å²) in [6, 6.07) is 9.90. The Morgan fingerprint density at radius 3 is 3.05 bits per heavy atom. The van der Waals surface area contributed by atoms with Gasteiger partial charge in [-0.2, -0.15) is 9.97 Å². The minimum Gasteiger partial charge on any atom is -0.485 e. The molecule has 0 saturated heterocycles. The number of rotatable bonds is 4. The molecule has 0 fully saturated rings. The number of hydrogen-bond acceptors (Lipinski definition) is 6. The monoisotopic (exact) mass is 320 g/mol. The number of hydrogen-bond donors (Lipinski definition) is 1. The molecular weight excluding hydrogens is 304 g/mol. The number of methoxy groups -OCH3 is 1. The summed E-state index contributed by atoms with van der Waals surface area (Å²) in [6.45, 7) is 1.40. The van der Waals surface area contributed by atoms with Crippen LogP contribution in [0.5, 0.6) is 11.8 Å². The number of aromatic nitrogens is 2. The van der Waals surface area contributed by atoms with E-state index in [0.717, 1.165) is 18.0 Å². The number of nitrogens with zero attached hydrogens (tertiary/aromatic N) is 3. The van der Waals surface area contributed by atoms with Crippen LogP contribution in [-0.4, -0.2) is 43.3 Å². The van der Waals surface area contributed by atoms with Crippen LogP contribution in [-0.2, 0) is 0 Å². The van der Waals surface area contributed by atoms with Crippen molar-refractivity contribution in [3.05, 3.63) is 35.5 Å². The highest BCUT2D eigenvalue weighted by molar-refractivity contribution is 6.29. The summed E-state index contributed by atoms with van der Waals surface area (Å²) in [5.74, 6) is 1.50. The zero-order valence-corrected chi connectivity index (χ0v) is 13.2. The molecule has 0 saturated carbocycles. The fourth-order valence-electron chi connectivity index (χ4n) is 2.40. The normalized spacial score (nSPS) is 16.7. The lowest BCUT2D eigenvalue weighted by Crippen LogP contribution is -2.41. The van der Waals surface area contributed by atoms with Crippen molar-refractivity contribution in [2.24, 2.45) is 0 Å². The predicted molar refractivity (Wildman–Crippen MR) is 86.2 cm³/mol. The van der Waals surface area contributed by atoms with E-state index in [2.05, 4.69) is 27.2 Å². The quantitative estimate of drug-likeness (QED) is 0.873. The van der Waals surface area contributed by atoms with E-state index in [4.69, 9.17) is 21.1 Å². The van der Waals surface area contributed by atoms with E-state index in [1.807, 2.05) is 24.3 Å². The van der Waals surface area contributed by atoms with E-state index in [1.54, 1.807) is 6.07 Å². The van der Waals surface area contributed by atoms with Gasteiger partial charge in [0.15, 0.2) is 0 Å². The first-order valence-corrected chi connectivity index (χ1v) is 7.33. The third kappa shape index (κ3) is 3.17. The number of likely N-dealkylation sites (N-methyl/N-ethyl adjacent to an activating group) is 1. The van der Waals surface area contributed by atoms with E-state index < -0.39 is 0 Å². The van der Waals surface area contributed by atoms with Crippen molar-refractivity contribution in [3.63, 3.8) is 0 Å². The Bertz CT molecular complexity index is 668. The number of benzene rings is 1. The lowest BCUT2D eigenvalue weighted by molar-refractivity contribution is 0.208. The number of para-hydroxylation sites is 2. The lowest BCUT2D eigenvalue weighted by Gasteiger charge is -2.33. The molecule has 1 aliphatic rings. The molecule has 2 heterocycles. The fourth-order valence-corrected chi connectivity index (χ4v) is 2.57. The molecule has 1 aromatic carbocycles. The van der Waals surface area contributed by atoms with Crippen LogP contribution >= 0.6 is 11.6 Å². The third-order valence-corrected chi connectivity index (χ3v) is 3.61. The maximum atomic E-state index is 6.00. The van der Waals surface area contributed by atoms with Crippen LogP contribution in [0.4, 0.5) is 11.5 Å². The van der Waals surface area contributed by atoms with Gasteiger partial charge in [0.25, 0.3) is 0 Å². The van der Waals surface area contributed by atoms with Gasteiger partial charge in [-0.05, 0) is 12.1 Å². The zero-order valence-electron chi connectivity index (χ0n) is 12.4. The van der Waals surface area contributed by atoms with E-state index in [0.29, 0.717) is 17.5 Å². The first-order valence-electron chi connectivity index (χ1n) is 6.95. The van der Waals surface area contributed by atoms with Crippen molar-refractivity contribution in [2.45, 2.75) is 6.10 Å². The summed E-state index contributed by atoms with van der Waals surface area (Å²) in [5, 5.41) is 3.55. The first-order chi connectivity index (χ1) is 10.7. The van der Waals surface area contributed by atoms with Gasteiger partial charge in [0, 0.05) is 13.1 Å². The number of nitrogens with one attached hydrogen (secondary N) is 1. The third-order valence-electron chi connectivity index (χ3n) is 3.42. The van der Waals surface area contributed by atoms with E-state index in [-0.39, 0.29) is 12.1 Å². The van der Waals surface area contributed by atoms with Crippen LogP contribution in [0.25, 0.3) is 0 Å². The Labute approximate surface area is 134 Å². The minimum atomic E-state index is 0.0136. The predicted octanol–water partition coefficient (Wildman–Crippen LogP) is 2.45. The van der Waals surface area contributed by atoms with Crippen LogP contribution < -0.4 is 19.7 Å². The molecule has 0 amide bonds. The Morgan fingerprint density at radius 2 is 2.23 bits per heavy atom. The Balaban J connectivity index is 1.67. The molecule has 7 heteroatoms. The van der Waals surface area contributed by atoms with Gasteiger partial charge in [-0.15, -0.1) is 0 Å². The largest absolute Gasteiger partial charge is 0.485 e. The van der Waals surface area contributed by atoms with Gasteiger partial charge < -0.3 is 19.7 Å². The van der Waals surface area contributed by atoms with E-state index in [9.17, 15) is 0 Å². The Kier molecular flexibility index (Phi) is 4.20. The Morgan fingerprint density at radius 1 is 1.41 bits per heavy atom. The molecule has 1 aliphatic heterocycles. The zero-order chi connectivity index (χ0) is 15.5. The topological polar surface area (TPSA) is 59.5 Å². The van der Waals surface area contributed by atoms with Gasteiger partial charge >= 0.3 is 6.01 Å². The lowest BCUT2D eigenvalue weighted by atomic mass is 10.2. The van der Waals surface area contributed by atoms with Gasteiger partial charge in [-0.3, -0.25) is 0 Å². The second-order valence-corrected chi connectivity index (χ2v) is 5.42. The molecule has 0 aliphatic carbocycles. The van der Waals surface area contributed by atoms with Crippen LogP contribution in [0.2, 0.25) is 5.15 Å². The average molecular weight is 321 g/mol. The van der Waals surface area contributed by atoms with Crippen LogP contribution in [0.1, 0.15) is 0 Å². The molecule has 22 heavy (non-hydrogen) atoms. The maximum Gasteiger partial charge on any atom is 0.319 e. The van der Waals surface area contributed by atoms with Crippen molar-refractivity contribution >= 4 is 23.1 Å². The average Bonchev–Trinajstić information content (AvgIpc) is 2.52. The van der Waals surface area contributed by atoms with Gasteiger partial charge in [0.1, 0.15) is 22.8 Å². The molecule has 116 valence electrons. The number of fused-ring (bicyclic) bond motifs is 1. The molecule has 1 N–H and O–H groups in total. The molecule has 0 radical (unpaired) electrons. The number of halogens is 1. The van der Waals surface area contributed by atoms with E-state index in [1.165, 1.54) is 7.11 Å². The summed E-state index contributed by atoms with van der Waals surface area (Å²) < 4.78 is 11.0. The molecule has 0 spiro atoms. The summed E-state index contributed by atoms with van der Waals surface area (Å²) in [4.78, 5) is 10.3. The van der Waals surface area contributed by atoms with Crippen LogP contribution in [0.3, 0.4) is 0 Å². The second-order valence-electron chi connectivity index (χ2n) is 5.03. The van der Waals surface area contributed by atoms with Crippen molar-refractivity contribution in [3.8, 4) is 11.8 Å². The standard InChI is InChI=1S/C15H17ClN4O2/c1-20-9-10(22-12-6-4-3-5-11(12)20)8-17-14-7-13(16)18-15(19-14)21-2/h3-7,10H,8-9H2,1-2H3,(H,17,18,19). The maximum absolute atomic E-state index is 6.00. The van der Waals surface area contributed by atoms with Gasteiger partial charge in [0.05, 0.1) is 25.9 Å². The number of ether oxygens (including phenoxy) is 2. The number of anilines is 2. The fraction of sp³-hybridized carbons (Fsp3) is 0.333. The summed E-state index contributed by atoms with van der Waals surface area (Å²) in [7, 11) is 3.56. The van der Waals surface area contributed by atoms with Crippen molar-refractivity contribution in [2.75, 3.05) is 37.5 Å². The SMILES string of the molecule is COc1nc(Cl)cc(NCC2CN(C)c3ccccc3O2)n1. The summed E-state index contributed by atoms with van der Waals surface area (Å²) in [6.07, 6.45) is 0.0136. The molecule has 6 nitrogen and oxygen atoms in total. The summed E-state index contributed by atoms with van der Waals surface area (Å²) in [5.41, 5.74) is 1.10. The second kappa shape index (κ2) is 6.27. The highest BCUT2D eigenvalue weighted by Gasteiger charge is 2.22. The molecule has 1 atom stereocenters. The first kappa shape index (κ1) is 14.7. The molecule has 3 rings (SSSR count). The molecule has 0 bridgehead atoms. The highest BCUT2D eigenvalue weighted by Crippen LogP contribution is 2.31. The molecule has 2 aromatic rings. The molecule has 1 unspecified atom stereocenters. The van der Waals surface area contributed by atoms with Gasteiger partial charge in [0.2, 0.25) is 0 Å². The van der Waals surface area contributed by atoms with Crippen molar-refractivity contribution in [1.29, 1.82) is 0 Å². The van der Waals surface area contributed by atoms with Gasteiger partial charge in [-0.1, -0.05) is 23.7 Å². The Hall–Kier alpha value is -2.21. The molecule has 1 aromatic heterocycles. The van der Waals surface area contributed by atoms with Crippen molar-refractivity contribution in [1.82, 2.24) is 9.97 Å². The van der Waals surface area contributed by atoms with Crippen LogP contribution in [0, 0.1) is 0 Å². The van der Waals surface area contributed by atoms with Crippen LogP contribution in [0.15, 0.2) is 30.3 Å². The van der Waals surface area contributed by atoms with Gasteiger partial charge in [-0.25, -0.2) is 0 Å². The highest BCUT2D eigenvalue weighted by atomic mass is 35.5. The smallest absolute Gasteiger partial charge is 0.319 e.